The molecule has 1 aliphatic carbocycles. The van der Waals surface area contributed by atoms with Crippen LogP contribution in [0.25, 0.3) is 0 Å². The first kappa shape index (κ1) is 13.8. The molecule has 3 rings (SSSR count). The van der Waals surface area contributed by atoms with E-state index in [1.54, 1.807) is 0 Å². The Morgan fingerprint density at radius 2 is 2.10 bits per heavy atom. The van der Waals surface area contributed by atoms with Gasteiger partial charge in [0.25, 0.3) is 0 Å². The molecule has 21 heavy (non-hydrogen) atoms. The maximum Gasteiger partial charge on any atom is 0.119 e. The van der Waals surface area contributed by atoms with E-state index in [9.17, 15) is 0 Å². The van der Waals surface area contributed by atoms with Crippen molar-refractivity contribution in [1.29, 1.82) is 0 Å². The molecule has 0 aliphatic heterocycles. The number of rotatable bonds is 4. The minimum absolute atomic E-state index is 0.372. The van der Waals surface area contributed by atoms with Gasteiger partial charge in [0.2, 0.25) is 0 Å². The number of nitrogens with one attached hydrogen (secondary N) is 1. The summed E-state index contributed by atoms with van der Waals surface area (Å²) in [5, 5.41) is 3.66. The molecule has 0 heterocycles. The Hall–Kier alpha value is -2.16. The number of nitrogens with two attached hydrogens (primary N) is 1. The number of aryl methyl sites for hydroxylation is 2. The van der Waals surface area contributed by atoms with Crippen LogP contribution in [0.1, 0.15) is 36.1 Å². The second-order valence-corrected chi connectivity index (χ2v) is 5.60. The third-order valence-corrected chi connectivity index (χ3v) is 4.08. The quantitative estimate of drug-likeness (QED) is 0.831. The molecule has 0 radical (unpaired) electrons. The van der Waals surface area contributed by atoms with Crippen LogP contribution in [0.2, 0.25) is 0 Å². The molecule has 3 N–H and O–H groups in total. The highest BCUT2D eigenvalue weighted by molar-refractivity contribution is 5.57. The first-order valence-electron chi connectivity index (χ1n) is 7.55. The minimum Gasteiger partial charge on any atom is -0.494 e. The van der Waals surface area contributed by atoms with E-state index < -0.39 is 0 Å². The summed E-state index contributed by atoms with van der Waals surface area (Å²) in [7, 11) is 0. The van der Waals surface area contributed by atoms with Crippen molar-refractivity contribution in [3.8, 4) is 5.75 Å². The maximum absolute atomic E-state index is 5.86. The molecule has 3 nitrogen and oxygen atoms in total. The van der Waals surface area contributed by atoms with Gasteiger partial charge in [-0.2, -0.15) is 0 Å². The van der Waals surface area contributed by atoms with E-state index in [-0.39, 0.29) is 0 Å². The van der Waals surface area contributed by atoms with Gasteiger partial charge in [0.15, 0.2) is 0 Å². The van der Waals surface area contributed by atoms with Gasteiger partial charge in [-0.05, 0) is 73.7 Å². The van der Waals surface area contributed by atoms with Crippen LogP contribution >= 0.6 is 0 Å². The fourth-order valence-electron chi connectivity index (χ4n) is 3.03. The Labute approximate surface area is 126 Å². The van der Waals surface area contributed by atoms with Crippen LogP contribution in [0.5, 0.6) is 5.75 Å². The fraction of sp³-hybridized carbons (Fsp3) is 0.333. The third-order valence-electron chi connectivity index (χ3n) is 4.08. The SMILES string of the molecule is CCOc1ccc(NC2CCc3cc(N)ccc32)c(C)c1. The average Bonchev–Trinajstić information content (AvgIpc) is 2.84. The van der Waals surface area contributed by atoms with E-state index in [1.165, 1.54) is 22.4 Å². The number of ether oxygens (including phenoxy) is 1. The van der Waals surface area contributed by atoms with Crippen LogP contribution in [0.4, 0.5) is 11.4 Å². The molecular weight excluding hydrogens is 260 g/mol. The summed E-state index contributed by atoms with van der Waals surface area (Å²) >= 11 is 0. The Morgan fingerprint density at radius 3 is 2.86 bits per heavy atom. The molecule has 1 unspecified atom stereocenters. The highest BCUT2D eigenvalue weighted by atomic mass is 16.5. The topological polar surface area (TPSA) is 47.3 Å². The van der Waals surface area contributed by atoms with Crippen LogP contribution in [0.15, 0.2) is 36.4 Å². The van der Waals surface area contributed by atoms with Crippen LogP contribution in [0, 0.1) is 6.92 Å². The van der Waals surface area contributed by atoms with Gasteiger partial charge in [0.05, 0.1) is 12.6 Å². The van der Waals surface area contributed by atoms with Crippen molar-refractivity contribution >= 4 is 11.4 Å². The molecule has 0 saturated carbocycles. The number of nitrogen functional groups attached to an aromatic ring is 1. The third kappa shape index (κ3) is 2.82. The molecule has 2 aromatic rings. The fourth-order valence-corrected chi connectivity index (χ4v) is 3.03. The normalized spacial score (nSPS) is 16.6. The maximum atomic E-state index is 5.86. The highest BCUT2D eigenvalue weighted by Crippen LogP contribution is 2.36. The van der Waals surface area contributed by atoms with Crippen molar-refractivity contribution in [2.75, 3.05) is 17.7 Å². The number of fused-ring (bicyclic) bond motifs is 1. The molecule has 0 saturated heterocycles. The van der Waals surface area contributed by atoms with Crippen molar-refractivity contribution in [3.63, 3.8) is 0 Å². The van der Waals surface area contributed by atoms with E-state index in [1.807, 2.05) is 19.1 Å². The lowest BCUT2D eigenvalue weighted by Crippen LogP contribution is -2.08. The summed E-state index contributed by atoms with van der Waals surface area (Å²) in [5.74, 6) is 0.931. The molecule has 0 amide bonds. The highest BCUT2D eigenvalue weighted by Gasteiger charge is 2.22. The summed E-state index contributed by atoms with van der Waals surface area (Å²) in [6.45, 7) is 4.82. The lowest BCUT2D eigenvalue weighted by molar-refractivity contribution is 0.340. The van der Waals surface area contributed by atoms with Crippen molar-refractivity contribution in [2.45, 2.75) is 32.7 Å². The summed E-state index contributed by atoms with van der Waals surface area (Å²) in [6.07, 6.45) is 2.21. The van der Waals surface area contributed by atoms with Gasteiger partial charge in [-0.3, -0.25) is 0 Å². The predicted octanol–water partition coefficient (Wildman–Crippen LogP) is 4.08. The smallest absolute Gasteiger partial charge is 0.119 e. The molecule has 2 aromatic carbocycles. The summed E-state index contributed by atoms with van der Waals surface area (Å²) in [5.41, 5.74) is 11.8. The minimum atomic E-state index is 0.372. The number of hydrogen-bond acceptors (Lipinski definition) is 3. The molecular formula is C18H22N2O. The van der Waals surface area contributed by atoms with Crippen LogP contribution in [0.3, 0.4) is 0 Å². The zero-order chi connectivity index (χ0) is 14.8. The molecule has 0 bridgehead atoms. The molecule has 1 aliphatic rings. The summed E-state index contributed by atoms with van der Waals surface area (Å²) in [4.78, 5) is 0. The molecule has 0 fully saturated rings. The van der Waals surface area contributed by atoms with Gasteiger partial charge < -0.3 is 15.8 Å². The van der Waals surface area contributed by atoms with Gasteiger partial charge in [0, 0.05) is 11.4 Å². The van der Waals surface area contributed by atoms with Gasteiger partial charge in [-0.15, -0.1) is 0 Å². The van der Waals surface area contributed by atoms with Crippen LogP contribution in [-0.4, -0.2) is 6.61 Å². The first-order valence-corrected chi connectivity index (χ1v) is 7.55. The lowest BCUT2D eigenvalue weighted by atomic mass is 10.1. The Balaban J connectivity index is 1.80. The standard InChI is InChI=1S/C18H22N2O/c1-3-21-15-6-9-17(12(2)10-15)20-18-8-4-13-11-14(19)5-7-16(13)18/h5-7,9-11,18,20H,3-4,8,19H2,1-2H3. The average molecular weight is 282 g/mol. The number of benzene rings is 2. The molecule has 0 aromatic heterocycles. The van der Waals surface area contributed by atoms with E-state index in [4.69, 9.17) is 10.5 Å². The number of anilines is 2. The molecule has 1 atom stereocenters. The summed E-state index contributed by atoms with van der Waals surface area (Å²) in [6, 6.07) is 12.8. The predicted molar refractivity (Wildman–Crippen MR) is 87.9 cm³/mol. The first-order chi connectivity index (χ1) is 10.2. The Bertz CT molecular complexity index is 652. The van der Waals surface area contributed by atoms with E-state index in [2.05, 4.69) is 36.5 Å². The van der Waals surface area contributed by atoms with E-state index >= 15 is 0 Å². The molecule has 0 spiro atoms. The second-order valence-electron chi connectivity index (χ2n) is 5.60. The Morgan fingerprint density at radius 1 is 1.24 bits per heavy atom. The van der Waals surface area contributed by atoms with Crippen LogP contribution < -0.4 is 15.8 Å². The van der Waals surface area contributed by atoms with Gasteiger partial charge >= 0.3 is 0 Å². The van der Waals surface area contributed by atoms with Gasteiger partial charge in [0.1, 0.15) is 5.75 Å². The van der Waals surface area contributed by atoms with Crippen molar-refractivity contribution in [3.05, 3.63) is 53.1 Å². The van der Waals surface area contributed by atoms with Gasteiger partial charge in [-0.25, -0.2) is 0 Å². The Kier molecular flexibility index (Phi) is 3.74. The van der Waals surface area contributed by atoms with Crippen molar-refractivity contribution in [1.82, 2.24) is 0 Å². The lowest BCUT2D eigenvalue weighted by Gasteiger charge is -2.18. The summed E-state index contributed by atoms with van der Waals surface area (Å²) < 4.78 is 5.54. The number of hydrogen-bond donors (Lipinski definition) is 2. The zero-order valence-electron chi connectivity index (χ0n) is 12.6. The van der Waals surface area contributed by atoms with Gasteiger partial charge in [-0.1, -0.05) is 6.07 Å². The van der Waals surface area contributed by atoms with E-state index in [0.29, 0.717) is 12.6 Å². The largest absolute Gasteiger partial charge is 0.494 e. The zero-order valence-corrected chi connectivity index (χ0v) is 12.6. The van der Waals surface area contributed by atoms with Crippen molar-refractivity contribution in [2.24, 2.45) is 0 Å². The monoisotopic (exact) mass is 282 g/mol. The molecule has 3 heteroatoms. The van der Waals surface area contributed by atoms with Crippen molar-refractivity contribution < 1.29 is 4.74 Å². The second kappa shape index (κ2) is 5.68. The van der Waals surface area contributed by atoms with Crippen LogP contribution in [-0.2, 0) is 6.42 Å². The van der Waals surface area contributed by atoms with E-state index in [0.717, 1.165) is 24.3 Å². The molecule has 110 valence electrons.